The van der Waals surface area contributed by atoms with E-state index in [2.05, 4.69) is 0 Å². The lowest BCUT2D eigenvalue weighted by Gasteiger charge is -2.18. The second kappa shape index (κ2) is 6.89. The molecular weight excluding hydrogens is 230 g/mol. The number of aryl methyl sites for hydroxylation is 1. The normalized spacial score (nSPS) is 11.9. The first kappa shape index (κ1) is 14.4. The Balaban J connectivity index is 2.79. The van der Waals surface area contributed by atoms with Crippen LogP contribution in [-0.2, 0) is 9.53 Å². The van der Waals surface area contributed by atoms with Crippen LogP contribution in [0.25, 0.3) is 0 Å². The number of carbonyl (C=O) groups is 1. The van der Waals surface area contributed by atoms with Gasteiger partial charge in [0.15, 0.2) is 6.10 Å². The Morgan fingerprint density at radius 3 is 2.67 bits per heavy atom. The molecule has 0 amide bonds. The number of nitrogens with two attached hydrogens (primary N) is 1. The van der Waals surface area contributed by atoms with E-state index >= 15 is 0 Å². The van der Waals surface area contributed by atoms with E-state index in [9.17, 15) is 4.79 Å². The highest BCUT2D eigenvalue weighted by Gasteiger charge is 2.21. The van der Waals surface area contributed by atoms with E-state index in [0.717, 1.165) is 12.0 Å². The monoisotopic (exact) mass is 251 g/mol. The molecule has 0 bridgehead atoms. The molecule has 2 N–H and O–H groups in total. The van der Waals surface area contributed by atoms with Crippen LogP contribution in [0.3, 0.4) is 0 Å². The van der Waals surface area contributed by atoms with Gasteiger partial charge in [-0.05, 0) is 44.0 Å². The molecule has 4 nitrogen and oxygen atoms in total. The summed E-state index contributed by atoms with van der Waals surface area (Å²) in [5, 5.41) is 0. The van der Waals surface area contributed by atoms with Crippen LogP contribution in [0, 0.1) is 6.92 Å². The van der Waals surface area contributed by atoms with Crippen molar-refractivity contribution in [1.82, 2.24) is 0 Å². The Morgan fingerprint density at radius 2 is 2.11 bits per heavy atom. The molecule has 0 aromatic heterocycles. The summed E-state index contributed by atoms with van der Waals surface area (Å²) in [4.78, 5) is 11.7. The molecule has 0 aliphatic heterocycles. The van der Waals surface area contributed by atoms with Gasteiger partial charge in [-0.3, -0.25) is 0 Å². The summed E-state index contributed by atoms with van der Waals surface area (Å²) < 4.78 is 10.7. The molecule has 0 radical (unpaired) electrons. The molecule has 1 atom stereocenters. The molecular formula is C14H21NO3. The summed E-state index contributed by atoms with van der Waals surface area (Å²) in [5.41, 5.74) is 7.28. The summed E-state index contributed by atoms with van der Waals surface area (Å²) in [6.45, 7) is 6.06. The highest BCUT2D eigenvalue weighted by Crippen LogP contribution is 2.22. The molecule has 0 aliphatic carbocycles. The van der Waals surface area contributed by atoms with Gasteiger partial charge in [-0.2, -0.15) is 0 Å². The molecule has 0 saturated carbocycles. The van der Waals surface area contributed by atoms with Crippen molar-refractivity contribution in [3.63, 3.8) is 0 Å². The lowest BCUT2D eigenvalue weighted by Crippen LogP contribution is -2.29. The third kappa shape index (κ3) is 3.95. The molecule has 1 aromatic carbocycles. The molecule has 0 fully saturated rings. The average Bonchev–Trinajstić information content (AvgIpc) is 2.32. The quantitative estimate of drug-likeness (QED) is 0.623. The van der Waals surface area contributed by atoms with Crippen LogP contribution < -0.4 is 10.5 Å². The minimum absolute atomic E-state index is 0.310. The molecule has 1 rings (SSSR count). The minimum atomic E-state index is -0.544. The zero-order chi connectivity index (χ0) is 13.5. The molecule has 100 valence electrons. The van der Waals surface area contributed by atoms with Crippen LogP contribution in [0.5, 0.6) is 5.75 Å². The molecule has 0 spiro atoms. The maximum absolute atomic E-state index is 11.7. The molecule has 1 unspecified atom stereocenters. The minimum Gasteiger partial charge on any atom is -0.478 e. The standard InChI is InChI=1S/C14H21NO3/c1-4-6-13(14(16)17-5-2)18-12-8-7-11(15)9-10(12)3/h7-9,13H,4-6,15H2,1-3H3. The van der Waals surface area contributed by atoms with E-state index in [1.807, 2.05) is 19.9 Å². The number of ether oxygens (including phenoxy) is 2. The van der Waals surface area contributed by atoms with E-state index in [1.54, 1.807) is 19.1 Å². The van der Waals surface area contributed by atoms with Crippen LogP contribution in [-0.4, -0.2) is 18.7 Å². The second-order valence-electron chi connectivity index (χ2n) is 4.17. The molecule has 0 heterocycles. The third-order valence-electron chi connectivity index (χ3n) is 2.57. The summed E-state index contributed by atoms with van der Waals surface area (Å²) in [6, 6.07) is 5.37. The topological polar surface area (TPSA) is 61.5 Å². The predicted octanol–water partition coefficient (Wildman–Crippen LogP) is 2.69. The molecule has 1 aromatic rings. The van der Waals surface area contributed by atoms with Crippen LogP contribution in [0.15, 0.2) is 18.2 Å². The Kier molecular flexibility index (Phi) is 5.49. The van der Waals surface area contributed by atoms with Crippen molar-refractivity contribution >= 4 is 11.7 Å². The summed E-state index contributed by atoms with van der Waals surface area (Å²) in [7, 11) is 0. The first-order chi connectivity index (χ1) is 8.58. The summed E-state index contributed by atoms with van der Waals surface area (Å²) >= 11 is 0. The SMILES string of the molecule is CCCC(Oc1ccc(N)cc1C)C(=O)OCC. The predicted molar refractivity (Wildman–Crippen MR) is 71.5 cm³/mol. The van der Waals surface area contributed by atoms with Gasteiger partial charge in [-0.1, -0.05) is 13.3 Å². The van der Waals surface area contributed by atoms with E-state index in [-0.39, 0.29) is 5.97 Å². The fourth-order valence-electron chi connectivity index (χ4n) is 1.68. The first-order valence-corrected chi connectivity index (χ1v) is 6.27. The number of anilines is 1. The third-order valence-corrected chi connectivity index (χ3v) is 2.57. The van der Waals surface area contributed by atoms with Gasteiger partial charge >= 0.3 is 5.97 Å². The van der Waals surface area contributed by atoms with E-state index in [4.69, 9.17) is 15.2 Å². The molecule has 4 heteroatoms. The van der Waals surface area contributed by atoms with E-state index in [0.29, 0.717) is 24.5 Å². The van der Waals surface area contributed by atoms with Crippen molar-refractivity contribution in [2.24, 2.45) is 0 Å². The van der Waals surface area contributed by atoms with Crippen molar-refractivity contribution in [3.8, 4) is 5.75 Å². The average molecular weight is 251 g/mol. The molecule has 0 saturated heterocycles. The second-order valence-corrected chi connectivity index (χ2v) is 4.17. The van der Waals surface area contributed by atoms with Gasteiger partial charge in [0.1, 0.15) is 5.75 Å². The van der Waals surface area contributed by atoms with Gasteiger partial charge in [-0.15, -0.1) is 0 Å². The summed E-state index contributed by atoms with van der Waals surface area (Å²) in [5.74, 6) is 0.367. The summed E-state index contributed by atoms with van der Waals surface area (Å²) in [6.07, 6.45) is 0.956. The van der Waals surface area contributed by atoms with Crippen molar-refractivity contribution in [2.75, 3.05) is 12.3 Å². The smallest absolute Gasteiger partial charge is 0.347 e. The first-order valence-electron chi connectivity index (χ1n) is 6.27. The Labute approximate surface area is 108 Å². The fourth-order valence-corrected chi connectivity index (χ4v) is 1.68. The zero-order valence-corrected chi connectivity index (χ0v) is 11.2. The van der Waals surface area contributed by atoms with Crippen LogP contribution in [0.1, 0.15) is 32.3 Å². The number of rotatable bonds is 6. The Hall–Kier alpha value is -1.71. The fraction of sp³-hybridized carbons (Fsp3) is 0.500. The number of benzene rings is 1. The van der Waals surface area contributed by atoms with Gasteiger partial charge in [0.2, 0.25) is 0 Å². The van der Waals surface area contributed by atoms with Gasteiger partial charge < -0.3 is 15.2 Å². The van der Waals surface area contributed by atoms with Gasteiger partial charge in [0, 0.05) is 5.69 Å². The Bertz CT molecular complexity index is 404. The van der Waals surface area contributed by atoms with Crippen molar-refractivity contribution < 1.29 is 14.3 Å². The molecule has 0 aliphatic rings. The van der Waals surface area contributed by atoms with Gasteiger partial charge in [0.05, 0.1) is 6.61 Å². The van der Waals surface area contributed by atoms with E-state index in [1.165, 1.54) is 0 Å². The van der Waals surface area contributed by atoms with Crippen LogP contribution in [0.2, 0.25) is 0 Å². The number of nitrogen functional groups attached to an aromatic ring is 1. The highest BCUT2D eigenvalue weighted by molar-refractivity contribution is 5.75. The zero-order valence-electron chi connectivity index (χ0n) is 11.2. The lowest BCUT2D eigenvalue weighted by atomic mass is 10.2. The maximum Gasteiger partial charge on any atom is 0.347 e. The number of hydrogen-bond donors (Lipinski definition) is 1. The lowest BCUT2D eigenvalue weighted by molar-refractivity contribution is -0.151. The molecule has 18 heavy (non-hydrogen) atoms. The number of esters is 1. The van der Waals surface area contributed by atoms with E-state index < -0.39 is 6.10 Å². The highest BCUT2D eigenvalue weighted by atomic mass is 16.6. The van der Waals surface area contributed by atoms with Crippen molar-refractivity contribution in [2.45, 2.75) is 39.7 Å². The van der Waals surface area contributed by atoms with Crippen molar-refractivity contribution in [1.29, 1.82) is 0 Å². The maximum atomic E-state index is 11.7. The van der Waals surface area contributed by atoms with Crippen LogP contribution in [0.4, 0.5) is 5.69 Å². The number of hydrogen-bond acceptors (Lipinski definition) is 4. The van der Waals surface area contributed by atoms with Gasteiger partial charge in [-0.25, -0.2) is 4.79 Å². The van der Waals surface area contributed by atoms with Crippen LogP contribution >= 0.6 is 0 Å². The number of carbonyl (C=O) groups excluding carboxylic acids is 1. The largest absolute Gasteiger partial charge is 0.478 e. The Morgan fingerprint density at radius 1 is 1.39 bits per heavy atom. The van der Waals surface area contributed by atoms with Crippen molar-refractivity contribution in [3.05, 3.63) is 23.8 Å². The van der Waals surface area contributed by atoms with Gasteiger partial charge in [0.25, 0.3) is 0 Å².